The number of hydrogen-bond donors (Lipinski definition) is 2. The fourth-order valence-electron chi connectivity index (χ4n) is 2.27. The maximum atomic E-state index is 3.38. The van der Waals surface area contributed by atoms with Crippen LogP contribution in [0.5, 0.6) is 0 Å². The normalized spacial score (nSPS) is 11.5. The molecule has 0 aliphatic heterocycles. The Hall–Kier alpha value is -1.32. The van der Waals surface area contributed by atoms with E-state index >= 15 is 0 Å². The fraction of sp³-hybridized carbons (Fsp3) is 0.467. The second-order valence-electron chi connectivity index (χ2n) is 4.58. The Labute approximate surface area is 109 Å². The number of nitrogens with one attached hydrogen (secondary N) is 2. The molecule has 2 N–H and O–H groups in total. The Kier molecular flexibility index (Phi) is 4.79. The van der Waals surface area contributed by atoms with Crippen molar-refractivity contribution in [3.05, 3.63) is 36.0 Å². The number of fused-ring (bicyclic) bond motifs is 1. The highest BCUT2D eigenvalue weighted by Crippen LogP contribution is 2.18. The lowest BCUT2D eigenvalue weighted by Gasteiger charge is -2.20. The zero-order valence-electron chi connectivity index (χ0n) is 11.4. The van der Waals surface area contributed by atoms with Crippen molar-refractivity contribution in [2.75, 3.05) is 26.2 Å². The van der Waals surface area contributed by atoms with Crippen molar-refractivity contribution in [1.82, 2.24) is 15.2 Å². The van der Waals surface area contributed by atoms with E-state index < -0.39 is 0 Å². The summed E-state index contributed by atoms with van der Waals surface area (Å²) in [4.78, 5) is 5.81. The molecule has 0 spiro atoms. The molecular weight excluding hydrogens is 222 g/mol. The van der Waals surface area contributed by atoms with E-state index in [-0.39, 0.29) is 0 Å². The molecule has 2 aromatic rings. The number of nitrogens with zero attached hydrogens (tertiary/aromatic N) is 1. The standard InChI is InChI=1S/C15H23N3/c1-3-16-9-10-18(4-2)12-13-11-17-15-8-6-5-7-14(13)15/h5-8,11,16-17H,3-4,9-10,12H2,1-2H3. The fourth-order valence-corrected chi connectivity index (χ4v) is 2.27. The average Bonchev–Trinajstić information content (AvgIpc) is 2.81. The molecule has 0 saturated heterocycles. The van der Waals surface area contributed by atoms with Gasteiger partial charge in [-0.1, -0.05) is 32.0 Å². The first-order valence-electron chi connectivity index (χ1n) is 6.83. The molecule has 0 amide bonds. The number of likely N-dealkylation sites (N-methyl/N-ethyl adjacent to an activating group) is 2. The minimum atomic E-state index is 1.02. The number of H-pyrrole nitrogens is 1. The number of rotatable bonds is 7. The van der Waals surface area contributed by atoms with E-state index in [1.54, 1.807) is 0 Å². The molecule has 1 aromatic heterocycles. The zero-order valence-corrected chi connectivity index (χ0v) is 11.4. The number of hydrogen-bond acceptors (Lipinski definition) is 2. The zero-order chi connectivity index (χ0) is 12.8. The summed E-state index contributed by atoms with van der Waals surface area (Å²) in [5, 5.41) is 4.73. The van der Waals surface area contributed by atoms with Gasteiger partial charge >= 0.3 is 0 Å². The van der Waals surface area contributed by atoms with Crippen LogP contribution >= 0.6 is 0 Å². The lowest BCUT2D eigenvalue weighted by Crippen LogP contribution is -2.31. The summed E-state index contributed by atoms with van der Waals surface area (Å²) >= 11 is 0. The first-order valence-corrected chi connectivity index (χ1v) is 6.83. The SMILES string of the molecule is CCNCCN(CC)Cc1c[nH]c2ccccc12. The molecule has 18 heavy (non-hydrogen) atoms. The Morgan fingerprint density at radius 2 is 2.06 bits per heavy atom. The summed E-state index contributed by atoms with van der Waals surface area (Å²) in [7, 11) is 0. The summed E-state index contributed by atoms with van der Waals surface area (Å²) in [6, 6.07) is 8.51. The monoisotopic (exact) mass is 245 g/mol. The van der Waals surface area contributed by atoms with Crippen molar-refractivity contribution in [3.8, 4) is 0 Å². The van der Waals surface area contributed by atoms with Crippen LogP contribution in [0.15, 0.2) is 30.5 Å². The van der Waals surface area contributed by atoms with Gasteiger partial charge in [0.1, 0.15) is 0 Å². The summed E-state index contributed by atoms with van der Waals surface area (Å²) in [6.07, 6.45) is 2.14. The highest BCUT2D eigenvalue weighted by Gasteiger charge is 2.07. The predicted molar refractivity (Wildman–Crippen MR) is 77.8 cm³/mol. The van der Waals surface area contributed by atoms with Gasteiger partial charge in [0.25, 0.3) is 0 Å². The lowest BCUT2D eigenvalue weighted by molar-refractivity contribution is 0.281. The van der Waals surface area contributed by atoms with Gasteiger partial charge in [-0.2, -0.15) is 0 Å². The van der Waals surface area contributed by atoms with E-state index in [2.05, 4.69) is 59.5 Å². The maximum Gasteiger partial charge on any atom is 0.0457 e. The van der Waals surface area contributed by atoms with E-state index in [1.165, 1.54) is 16.5 Å². The van der Waals surface area contributed by atoms with Crippen LogP contribution in [-0.2, 0) is 6.54 Å². The van der Waals surface area contributed by atoms with Gasteiger partial charge in [-0.05, 0) is 24.7 Å². The molecule has 0 saturated carbocycles. The highest BCUT2D eigenvalue weighted by molar-refractivity contribution is 5.82. The number of para-hydroxylation sites is 1. The van der Waals surface area contributed by atoms with Crippen LogP contribution in [0, 0.1) is 0 Å². The van der Waals surface area contributed by atoms with Gasteiger partial charge in [0, 0.05) is 36.7 Å². The van der Waals surface area contributed by atoms with Gasteiger partial charge in [-0.15, -0.1) is 0 Å². The Balaban J connectivity index is 2.02. The number of aromatic nitrogens is 1. The third kappa shape index (κ3) is 3.12. The van der Waals surface area contributed by atoms with Gasteiger partial charge in [-0.25, -0.2) is 0 Å². The van der Waals surface area contributed by atoms with Crippen molar-refractivity contribution in [2.24, 2.45) is 0 Å². The van der Waals surface area contributed by atoms with Crippen molar-refractivity contribution in [2.45, 2.75) is 20.4 Å². The van der Waals surface area contributed by atoms with Crippen LogP contribution in [0.3, 0.4) is 0 Å². The highest BCUT2D eigenvalue weighted by atomic mass is 15.1. The van der Waals surface area contributed by atoms with Crippen LogP contribution in [0.2, 0.25) is 0 Å². The molecule has 0 aliphatic carbocycles. The Morgan fingerprint density at radius 3 is 2.83 bits per heavy atom. The molecule has 2 rings (SSSR count). The van der Waals surface area contributed by atoms with Crippen LogP contribution in [0.1, 0.15) is 19.4 Å². The Morgan fingerprint density at radius 1 is 1.22 bits per heavy atom. The maximum absolute atomic E-state index is 3.38. The summed E-state index contributed by atoms with van der Waals surface area (Å²) in [5.41, 5.74) is 2.62. The van der Waals surface area contributed by atoms with Crippen molar-refractivity contribution >= 4 is 10.9 Å². The van der Waals surface area contributed by atoms with Gasteiger partial charge < -0.3 is 10.3 Å². The quantitative estimate of drug-likeness (QED) is 0.735. The molecule has 0 unspecified atom stereocenters. The molecule has 1 heterocycles. The van der Waals surface area contributed by atoms with Gasteiger partial charge in [0.15, 0.2) is 0 Å². The van der Waals surface area contributed by atoms with E-state index in [1.807, 2.05) is 0 Å². The molecule has 98 valence electrons. The molecule has 0 atom stereocenters. The molecule has 0 radical (unpaired) electrons. The van der Waals surface area contributed by atoms with Crippen LogP contribution in [-0.4, -0.2) is 36.1 Å². The molecule has 1 aromatic carbocycles. The summed E-state index contributed by atoms with van der Waals surface area (Å²) in [5.74, 6) is 0. The largest absolute Gasteiger partial charge is 0.361 e. The first-order chi connectivity index (χ1) is 8.85. The second kappa shape index (κ2) is 6.57. The third-order valence-electron chi connectivity index (χ3n) is 3.37. The predicted octanol–water partition coefficient (Wildman–Crippen LogP) is 2.60. The van der Waals surface area contributed by atoms with E-state index in [0.29, 0.717) is 0 Å². The average molecular weight is 245 g/mol. The molecule has 0 aliphatic rings. The first kappa shape index (κ1) is 13.1. The summed E-state index contributed by atoms with van der Waals surface area (Å²) < 4.78 is 0. The van der Waals surface area contributed by atoms with Crippen LogP contribution in [0.4, 0.5) is 0 Å². The van der Waals surface area contributed by atoms with Gasteiger partial charge in [0.05, 0.1) is 0 Å². The van der Waals surface area contributed by atoms with E-state index in [9.17, 15) is 0 Å². The van der Waals surface area contributed by atoms with Crippen molar-refractivity contribution in [3.63, 3.8) is 0 Å². The third-order valence-corrected chi connectivity index (χ3v) is 3.37. The van der Waals surface area contributed by atoms with Crippen molar-refractivity contribution in [1.29, 1.82) is 0 Å². The van der Waals surface area contributed by atoms with Crippen LogP contribution < -0.4 is 5.32 Å². The minimum Gasteiger partial charge on any atom is -0.361 e. The van der Waals surface area contributed by atoms with Gasteiger partial charge in [0.2, 0.25) is 0 Å². The molecule has 3 nitrogen and oxygen atoms in total. The van der Waals surface area contributed by atoms with E-state index in [0.717, 1.165) is 32.7 Å². The van der Waals surface area contributed by atoms with Crippen molar-refractivity contribution < 1.29 is 0 Å². The molecule has 0 bridgehead atoms. The number of aromatic amines is 1. The molecule has 3 heteroatoms. The van der Waals surface area contributed by atoms with Gasteiger partial charge in [-0.3, -0.25) is 4.90 Å². The lowest BCUT2D eigenvalue weighted by atomic mass is 10.1. The topological polar surface area (TPSA) is 31.1 Å². The smallest absolute Gasteiger partial charge is 0.0457 e. The molecular formula is C15H23N3. The van der Waals surface area contributed by atoms with E-state index in [4.69, 9.17) is 0 Å². The van der Waals surface area contributed by atoms with Crippen LogP contribution in [0.25, 0.3) is 10.9 Å². The number of benzene rings is 1. The summed E-state index contributed by atoms with van der Waals surface area (Å²) in [6.45, 7) is 9.69. The minimum absolute atomic E-state index is 1.02. The second-order valence-corrected chi connectivity index (χ2v) is 4.58. The Bertz CT molecular complexity index is 475. The molecule has 0 fully saturated rings.